The average Bonchev–Trinajstić information content (AvgIpc) is 2.16. The molecule has 1 heteroatoms. The summed E-state index contributed by atoms with van der Waals surface area (Å²) >= 11 is 0. The van der Waals surface area contributed by atoms with E-state index in [1.165, 1.54) is 0 Å². The first-order valence-electron chi connectivity index (χ1n) is 3.75. The quantitative estimate of drug-likeness (QED) is 0.374. The Balaban J connectivity index is 2.77. The average molecular weight is 158 g/mol. The van der Waals surface area contributed by atoms with E-state index in [2.05, 4.69) is 12.3 Å². The molecule has 12 heavy (non-hydrogen) atoms. The van der Waals surface area contributed by atoms with Gasteiger partial charge in [0.2, 0.25) is 0 Å². The van der Waals surface area contributed by atoms with Gasteiger partial charge >= 0.3 is 0 Å². The Hall–Kier alpha value is -1.59. The van der Waals surface area contributed by atoms with E-state index in [1.54, 1.807) is 0 Å². The Morgan fingerprint density at radius 1 is 1.42 bits per heavy atom. The van der Waals surface area contributed by atoms with Crippen molar-refractivity contribution in [2.75, 3.05) is 0 Å². The maximum atomic E-state index is 10.4. The van der Waals surface area contributed by atoms with Crippen molar-refractivity contribution in [1.29, 1.82) is 0 Å². The lowest BCUT2D eigenvalue weighted by Crippen LogP contribution is -1.89. The summed E-state index contributed by atoms with van der Waals surface area (Å²) in [6.45, 7) is 3.43. The zero-order valence-electron chi connectivity index (χ0n) is 6.79. The summed E-state index contributed by atoms with van der Waals surface area (Å²) in [6, 6.07) is 9.78. The van der Waals surface area contributed by atoms with Crippen LogP contribution in [0.5, 0.6) is 0 Å². The number of aldehydes is 1. The molecule has 0 aromatic heterocycles. The molecule has 0 saturated carbocycles. The van der Waals surface area contributed by atoms with Crippen LogP contribution < -0.4 is 0 Å². The molecule has 0 bridgehead atoms. The molecule has 1 nitrogen and oxygen atoms in total. The second kappa shape index (κ2) is 4.32. The van der Waals surface area contributed by atoms with Crippen molar-refractivity contribution in [3.8, 4) is 0 Å². The molecule has 1 aromatic rings. The zero-order chi connectivity index (χ0) is 8.81. The molecule has 0 heterocycles. The molecule has 0 saturated heterocycles. The predicted molar refractivity (Wildman–Crippen MR) is 48.9 cm³/mol. The Morgan fingerprint density at radius 2 is 2.08 bits per heavy atom. The smallest absolute Gasteiger partial charge is 0.154 e. The number of rotatable bonds is 3. The van der Waals surface area contributed by atoms with Gasteiger partial charge in [0.15, 0.2) is 6.29 Å². The van der Waals surface area contributed by atoms with Crippen LogP contribution in [0.25, 0.3) is 0 Å². The van der Waals surface area contributed by atoms with Gasteiger partial charge < -0.3 is 0 Å². The molecule has 0 N–H and O–H groups in total. The van der Waals surface area contributed by atoms with Gasteiger partial charge in [-0.3, -0.25) is 4.79 Å². The summed E-state index contributed by atoms with van der Waals surface area (Å²) < 4.78 is 0. The van der Waals surface area contributed by atoms with Crippen LogP contribution in [0, 0.1) is 0 Å². The van der Waals surface area contributed by atoms with Crippen LogP contribution in [0.2, 0.25) is 0 Å². The van der Waals surface area contributed by atoms with Crippen LogP contribution in [-0.2, 0) is 11.2 Å². The highest BCUT2D eigenvalue weighted by Gasteiger charge is 1.94. The summed E-state index contributed by atoms with van der Waals surface area (Å²) in [4.78, 5) is 10.4. The number of benzene rings is 1. The Kier molecular flexibility index (Phi) is 3.06. The molecule has 0 amide bonds. The van der Waals surface area contributed by atoms with Gasteiger partial charge in [0.1, 0.15) is 0 Å². The summed E-state index contributed by atoms with van der Waals surface area (Å²) in [7, 11) is 0. The first kappa shape index (κ1) is 8.51. The van der Waals surface area contributed by atoms with E-state index in [-0.39, 0.29) is 0 Å². The second-order valence-electron chi connectivity index (χ2n) is 2.48. The van der Waals surface area contributed by atoms with E-state index in [1.807, 2.05) is 30.3 Å². The van der Waals surface area contributed by atoms with Crippen LogP contribution in [0.4, 0.5) is 0 Å². The van der Waals surface area contributed by atoms with E-state index in [0.29, 0.717) is 12.0 Å². The number of hydrogen-bond acceptors (Lipinski definition) is 1. The van der Waals surface area contributed by atoms with Crippen LogP contribution in [-0.4, -0.2) is 6.29 Å². The fourth-order valence-corrected chi connectivity index (χ4v) is 0.962. The van der Waals surface area contributed by atoms with Crippen molar-refractivity contribution in [2.24, 2.45) is 0 Å². The lowest BCUT2D eigenvalue weighted by Gasteiger charge is -1.96. The molecular formula is C11H10O. The molecule has 0 aliphatic carbocycles. The molecule has 0 aliphatic rings. The first-order valence-corrected chi connectivity index (χ1v) is 3.75. The predicted octanol–water partition coefficient (Wildman–Crippen LogP) is 2.14. The van der Waals surface area contributed by atoms with E-state index in [0.717, 1.165) is 11.8 Å². The minimum Gasteiger partial charge on any atom is -0.298 e. The SMILES string of the molecule is C=C=C(C=O)Cc1ccccc1. The lowest BCUT2D eigenvalue weighted by molar-refractivity contribution is -0.105. The molecule has 0 fully saturated rings. The largest absolute Gasteiger partial charge is 0.298 e. The number of carbonyl (C=O) groups is 1. The van der Waals surface area contributed by atoms with E-state index >= 15 is 0 Å². The third kappa shape index (κ3) is 2.22. The summed E-state index contributed by atoms with van der Waals surface area (Å²) in [5.41, 5.74) is 4.30. The maximum Gasteiger partial charge on any atom is 0.154 e. The molecule has 0 unspecified atom stereocenters. The Morgan fingerprint density at radius 3 is 2.58 bits per heavy atom. The van der Waals surface area contributed by atoms with Crippen LogP contribution in [0.1, 0.15) is 5.56 Å². The van der Waals surface area contributed by atoms with E-state index in [4.69, 9.17) is 0 Å². The van der Waals surface area contributed by atoms with Crippen molar-refractivity contribution in [3.05, 3.63) is 53.8 Å². The zero-order valence-corrected chi connectivity index (χ0v) is 6.79. The molecule has 0 atom stereocenters. The molecule has 0 spiro atoms. The number of hydrogen-bond donors (Lipinski definition) is 0. The molecular weight excluding hydrogens is 148 g/mol. The monoisotopic (exact) mass is 158 g/mol. The summed E-state index contributed by atoms with van der Waals surface area (Å²) in [5, 5.41) is 0. The topological polar surface area (TPSA) is 17.1 Å². The normalized spacial score (nSPS) is 8.67. The Bertz CT molecular complexity index is 305. The van der Waals surface area contributed by atoms with Gasteiger partial charge in [0, 0.05) is 12.0 Å². The van der Waals surface area contributed by atoms with Gasteiger partial charge in [-0.25, -0.2) is 0 Å². The molecule has 60 valence electrons. The van der Waals surface area contributed by atoms with Gasteiger partial charge in [0.05, 0.1) is 0 Å². The maximum absolute atomic E-state index is 10.4. The van der Waals surface area contributed by atoms with Gasteiger partial charge in [-0.15, -0.1) is 5.73 Å². The lowest BCUT2D eigenvalue weighted by atomic mass is 10.1. The van der Waals surface area contributed by atoms with Gasteiger partial charge in [0.25, 0.3) is 0 Å². The van der Waals surface area contributed by atoms with E-state index in [9.17, 15) is 4.79 Å². The highest BCUT2D eigenvalue weighted by atomic mass is 16.1. The van der Waals surface area contributed by atoms with Crippen molar-refractivity contribution < 1.29 is 4.79 Å². The summed E-state index contributed by atoms with van der Waals surface area (Å²) in [5.74, 6) is 0. The van der Waals surface area contributed by atoms with Crippen molar-refractivity contribution >= 4 is 6.29 Å². The van der Waals surface area contributed by atoms with Crippen LogP contribution >= 0.6 is 0 Å². The van der Waals surface area contributed by atoms with Crippen molar-refractivity contribution in [1.82, 2.24) is 0 Å². The highest BCUT2D eigenvalue weighted by molar-refractivity contribution is 5.73. The van der Waals surface area contributed by atoms with Crippen LogP contribution in [0.3, 0.4) is 0 Å². The van der Waals surface area contributed by atoms with Crippen LogP contribution in [0.15, 0.2) is 48.2 Å². The molecule has 0 aliphatic heterocycles. The molecule has 1 rings (SSSR count). The van der Waals surface area contributed by atoms with Crippen molar-refractivity contribution in [2.45, 2.75) is 6.42 Å². The third-order valence-corrected chi connectivity index (χ3v) is 1.61. The first-order chi connectivity index (χ1) is 5.86. The fourth-order valence-electron chi connectivity index (χ4n) is 0.962. The number of carbonyl (C=O) groups excluding carboxylic acids is 1. The highest BCUT2D eigenvalue weighted by Crippen LogP contribution is 2.04. The second-order valence-corrected chi connectivity index (χ2v) is 2.48. The van der Waals surface area contributed by atoms with Gasteiger partial charge in [-0.05, 0) is 5.56 Å². The fraction of sp³-hybridized carbons (Fsp3) is 0.0909. The third-order valence-electron chi connectivity index (χ3n) is 1.61. The molecule has 1 aromatic carbocycles. The van der Waals surface area contributed by atoms with Gasteiger partial charge in [-0.2, -0.15) is 0 Å². The van der Waals surface area contributed by atoms with Gasteiger partial charge in [-0.1, -0.05) is 36.9 Å². The standard InChI is InChI=1S/C11H10O/c1-2-10(9-12)8-11-6-4-3-5-7-11/h3-7,9H,1,8H2. The summed E-state index contributed by atoms with van der Waals surface area (Å²) in [6.07, 6.45) is 1.41. The molecule has 0 radical (unpaired) electrons. The minimum absolute atomic E-state index is 0.598. The van der Waals surface area contributed by atoms with Crippen molar-refractivity contribution in [3.63, 3.8) is 0 Å². The minimum atomic E-state index is 0.598. The van der Waals surface area contributed by atoms with E-state index < -0.39 is 0 Å². The Labute approximate surface area is 72.0 Å². The number of allylic oxidation sites excluding steroid dienone is 1.